The molecule has 1 amide bonds. The summed E-state index contributed by atoms with van der Waals surface area (Å²) in [6.45, 7) is -0.125. The van der Waals surface area contributed by atoms with Crippen LogP contribution in [0.4, 0.5) is 13.2 Å². The van der Waals surface area contributed by atoms with Crippen molar-refractivity contribution in [3.8, 4) is 0 Å². The number of carbonyl (C=O) groups excluding carboxylic acids is 1. The molecule has 14 heteroatoms. The molecule has 0 aromatic carbocycles. The summed E-state index contributed by atoms with van der Waals surface area (Å²) >= 11 is 4.64. The van der Waals surface area contributed by atoms with Crippen LogP contribution in [0, 0.1) is 0 Å². The van der Waals surface area contributed by atoms with Gasteiger partial charge in [-0.05, 0) is 30.4 Å². The molecule has 9 nitrogen and oxygen atoms in total. The van der Waals surface area contributed by atoms with Crippen molar-refractivity contribution in [1.82, 2.24) is 8.87 Å². The first-order chi connectivity index (χ1) is 12.8. The molecule has 0 saturated carbocycles. The predicted octanol–water partition coefficient (Wildman–Crippen LogP) is 0.689. The Morgan fingerprint density at radius 2 is 1.79 bits per heavy atom. The van der Waals surface area contributed by atoms with Gasteiger partial charge in [-0.25, -0.2) is 13.9 Å². The lowest BCUT2D eigenvalue weighted by Gasteiger charge is -2.34. The standard InChI is InChI=1S/C13H17F3N4O5S.CH3Cl/c14-13(15,16)10(17)11(21)19-4-1-7(2-5-19)8-3-6-20(26(18,24)25)9(8)12(22)23;1-2/h3,6-7,10H,1-2,4-5,17H2,(H,22,23)(H2,18,24,25);1H3. The number of carboxylic acids is 1. The number of hydrogen-bond acceptors (Lipinski definition) is 5. The highest BCUT2D eigenvalue weighted by molar-refractivity contribution is 7.87. The highest BCUT2D eigenvalue weighted by Gasteiger charge is 2.44. The normalized spacial score (nSPS) is 16.9. The number of aromatic nitrogens is 1. The number of carboxylic acid groups (broad SMARTS) is 1. The van der Waals surface area contributed by atoms with Crippen LogP contribution < -0.4 is 10.9 Å². The lowest BCUT2D eigenvalue weighted by Crippen LogP contribution is -2.53. The van der Waals surface area contributed by atoms with Crippen LogP contribution >= 0.6 is 11.6 Å². The van der Waals surface area contributed by atoms with Gasteiger partial charge in [0.15, 0.2) is 6.04 Å². The summed E-state index contributed by atoms with van der Waals surface area (Å²) in [4.78, 5) is 24.2. The van der Waals surface area contributed by atoms with Gasteiger partial charge in [-0.1, -0.05) is 0 Å². The molecule has 0 bridgehead atoms. The number of likely N-dealkylation sites (tertiary alicyclic amines) is 1. The molecule has 1 aromatic heterocycles. The Balaban J connectivity index is 0.00000190. The van der Waals surface area contributed by atoms with E-state index in [0.29, 0.717) is 3.97 Å². The molecule has 1 aliphatic rings. The Hall–Kier alpha value is -1.83. The monoisotopic (exact) mass is 448 g/mol. The fourth-order valence-electron chi connectivity index (χ4n) is 2.94. The SMILES string of the molecule is CCl.NC(C(=O)N1CCC(c2ccn(S(N)(=O)=O)c2C(=O)O)CC1)C(F)(F)F. The van der Waals surface area contributed by atoms with Crippen molar-refractivity contribution in [1.29, 1.82) is 0 Å². The number of hydrogen-bond donors (Lipinski definition) is 3. The Morgan fingerprint density at radius 3 is 2.18 bits per heavy atom. The van der Waals surface area contributed by atoms with Gasteiger partial charge in [0.25, 0.3) is 0 Å². The number of carbonyl (C=O) groups is 2. The van der Waals surface area contributed by atoms with E-state index in [1.165, 1.54) is 12.4 Å². The quantitative estimate of drug-likeness (QED) is 0.577. The largest absolute Gasteiger partial charge is 0.477 e. The maximum atomic E-state index is 12.5. The average molecular weight is 449 g/mol. The van der Waals surface area contributed by atoms with E-state index in [2.05, 4.69) is 11.6 Å². The minimum atomic E-state index is -4.85. The Morgan fingerprint density at radius 1 is 1.29 bits per heavy atom. The van der Waals surface area contributed by atoms with E-state index in [0.717, 1.165) is 11.1 Å². The number of rotatable bonds is 4. The number of nitrogens with two attached hydrogens (primary N) is 2. The molecule has 160 valence electrons. The highest BCUT2D eigenvalue weighted by atomic mass is 35.5. The lowest BCUT2D eigenvalue weighted by atomic mass is 9.89. The minimum Gasteiger partial charge on any atom is -0.477 e. The minimum absolute atomic E-state index is 0.0626. The molecule has 2 rings (SSSR count). The molecule has 1 aromatic rings. The van der Waals surface area contributed by atoms with E-state index >= 15 is 0 Å². The second kappa shape index (κ2) is 9.11. The van der Waals surface area contributed by atoms with E-state index in [1.807, 2.05) is 0 Å². The van der Waals surface area contributed by atoms with E-state index in [1.54, 1.807) is 0 Å². The first-order valence-electron chi connectivity index (χ1n) is 7.80. The molecule has 0 aliphatic carbocycles. The first-order valence-corrected chi connectivity index (χ1v) is 10.1. The van der Waals surface area contributed by atoms with Crippen LogP contribution in [-0.4, -0.2) is 66.0 Å². The summed E-state index contributed by atoms with van der Waals surface area (Å²) < 4.78 is 61.0. The van der Waals surface area contributed by atoms with E-state index in [4.69, 9.17) is 10.9 Å². The summed E-state index contributed by atoms with van der Waals surface area (Å²) in [5.74, 6) is -3.21. The lowest BCUT2D eigenvalue weighted by molar-refractivity contribution is -0.170. The molecule has 0 spiro atoms. The Labute approximate surface area is 164 Å². The third-order valence-corrected chi connectivity index (χ3v) is 5.08. The zero-order valence-electron chi connectivity index (χ0n) is 14.7. The molecule has 0 radical (unpaired) electrons. The van der Waals surface area contributed by atoms with Crippen LogP contribution in [-0.2, 0) is 15.0 Å². The molecule has 1 saturated heterocycles. The summed E-state index contributed by atoms with van der Waals surface area (Å²) in [5.41, 5.74) is 4.58. The van der Waals surface area contributed by atoms with Crippen LogP contribution in [0.15, 0.2) is 12.3 Å². The van der Waals surface area contributed by atoms with Gasteiger partial charge in [-0.3, -0.25) is 4.79 Å². The highest BCUT2D eigenvalue weighted by Crippen LogP contribution is 2.32. The van der Waals surface area contributed by atoms with Crippen LogP contribution in [0.1, 0.15) is 34.8 Å². The average Bonchev–Trinajstić information content (AvgIpc) is 3.07. The van der Waals surface area contributed by atoms with Gasteiger partial charge >= 0.3 is 22.4 Å². The number of halogens is 4. The second-order valence-electron chi connectivity index (χ2n) is 5.88. The van der Waals surface area contributed by atoms with Crippen LogP contribution in [0.3, 0.4) is 0 Å². The molecule has 2 heterocycles. The van der Waals surface area contributed by atoms with Crippen LogP contribution in [0.25, 0.3) is 0 Å². The molecule has 1 atom stereocenters. The topological polar surface area (TPSA) is 149 Å². The second-order valence-corrected chi connectivity index (χ2v) is 7.31. The zero-order chi connectivity index (χ0) is 21.9. The molecule has 28 heavy (non-hydrogen) atoms. The molecule has 1 fully saturated rings. The maximum absolute atomic E-state index is 12.5. The van der Waals surface area contributed by atoms with Crippen LogP contribution in [0.2, 0.25) is 0 Å². The molecular weight excluding hydrogens is 429 g/mol. The van der Waals surface area contributed by atoms with E-state index < -0.39 is 45.9 Å². The smallest absolute Gasteiger partial charge is 0.412 e. The Kier molecular flexibility index (Phi) is 7.88. The molecule has 5 N–H and O–H groups in total. The number of piperidine rings is 1. The molecular formula is C14H20ClF3N4O5S. The summed E-state index contributed by atoms with van der Waals surface area (Å²) in [6, 6.07) is -1.32. The Bertz CT molecular complexity index is 819. The molecule has 1 unspecified atom stereocenters. The summed E-state index contributed by atoms with van der Waals surface area (Å²) in [5, 5.41) is 14.3. The van der Waals surface area contributed by atoms with Gasteiger partial charge in [0.05, 0.1) is 0 Å². The van der Waals surface area contributed by atoms with Crippen molar-refractivity contribution >= 4 is 33.7 Å². The first kappa shape index (κ1) is 24.2. The maximum Gasteiger partial charge on any atom is 0.412 e. The van der Waals surface area contributed by atoms with Gasteiger partial charge in [-0.2, -0.15) is 21.6 Å². The van der Waals surface area contributed by atoms with Crippen molar-refractivity contribution < 1.29 is 36.3 Å². The summed E-state index contributed by atoms with van der Waals surface area (Å²) in [7, 11) is -4.32. The zero-order valence-corrected chi connectivity index (χ0v) is 16.3. The van der Waals surface area contributed by atoms with E-state index in [9.17, 15) is 36.3 Å². The number of amides is 1. The van der Waals surface area contributed by atoms with Gasteiger partial charge in [0, 0.05) is 25.7 Å². The van der Waals surface area contributed by atoms with E-state index in [-0.39, 0.29) is 31.5 Å². The number of nitrogens with zero attached hydrogens (tertiary/aromatic N) is 2. The fraction of sp³-hybridized carbons (Fsp3) is 0.571. The van der Waals surface area contributed by atoms with Crippen molar-refractivity contribution in [2.24, 2.45) is 10.9 Å². The third kappa shape index (κ3) is 5.37. The summed E-state index contributed by atoms with van der Waals surface area (Å²) in [6.07, 6.45) is -2.06. The number of aromatic carboxylic acids is 1. The van der Waals surface area contributed by atoms with Gasteiger partial charge < -0.3 is 15.7 Å². The van der Waals surface area contributed by atoms with Crippen LogP contribution in [0.5, 0.6) is 0 Å². The fourth-order valence-corrected chi connectivity index (χ4v) is 3.60. The van der Waals surface area contributed by atoms with Gasteiger partial charge in [-0.15, -0.1) is 11.6 Å². The van der Waals surface area contributed by atoms with Gasteiger partial charge in [0.1, 0.15) is 5.69 Å². The van der Waals surface area contributed by atoms with Crippen molar-refractivity contribution in [3.63, 3.8) is 0 Å². The van der Waals surface area contributed by atoms with Gasteiger partial charge in [0.2, 0.25) is 5.91 Å². The number of alkyl halides is 4. The third-order valence-electron chi connectivity index (χ3n) is 4.23. The van der Waals surface area contributed by atoms with Crippen molar-refractivity contribution in [2.45, 2.75) is 31.0 Å². The van der Waals surface area contributed by atoms with Crippen molar-refractivity contribution in [3.05, 3.63) is 23.5 Å². The molecule has 1 aliphatic heterocycles. The predicted molar refractivity (Wildman–Crippen MR) is 94.3 cm³/mol. The van der Waals surface area contributed by atoms with Crippen molar-refractivity contribution in [2.75, 3.05) is 19.5 Å².